The molecule has 2 atom stereocenters. The SMILES string of the molecule is CC/C=C\C(CC)C1CC(=O)OC1=O. The monoisotopic (exact) mass is 196 g/mol. The topological polar surface area (TPSA) is 43.4 Å². The minimum Gasteiger partial charge on any atom is -0.393 e. The van der Waals surface area contributed by atoms with Crippen LogP contribution in [0.4, 0.5) is 0 Å². The Morgan fingerprint density at radius 2 is 2.21 bits per heavy atom. The van der Waals surface area contributed by atoms with Gasteiger partial charge in [-0.25, -0.2) is 0 Å². The first-order valence-corrected chi connectivity index (χ1v) is 5.10. The molecule has 3 heteroatoms. The summed E-state index contributed by atoms with van der Waals surface area (Å²) in [4.78, 5) is 22.2. The van der Waals surface area contributed by atoms with Gasteiger partial charge < -0.3 is 4.74 Å². The van der Waals surface area contributed by atoms with Crippen molar-refractivity contribution in [3.05, 3.63) is 12.2 Å². The van der Waals surface area contributed by atoms with Crippen LogP contribution >= 0.6 is 0 Å². The Hall–Kier alpha value is -1.12. The first-order valence-electron chi connectivity index (χ1n) is 5.10. The predicted molar refractivity (Wildman–Crippen MR) is 52.4 cm³/mol. The fraction of sp³-hybridized carbons (Fsp3) is 0.636. The summed E-state index contributed by atoms with van der Waals surface area (Å²) >= 11 is 0. The summed E-state index contributed by atoms with van der Waals surface area (Å²) in [5, 5.41) is 0. The molecule has 0 aromatic carbocycles. The van der Waals surface area contributed by atoms with E-state index in [1.807, 2.05) is 26.0 Å². The van der Waals surface area contributed by atoms with Crippen LogP contribution in [0.5, 0.6) is 0 Å². The van der Waals surface area contributed by atoms with Crippen LogP contribution in [0.2, 0.25) is 0 Å². The molecule has 0 spiro atoms. The van der Waals surface area contributed by atoms with Crippen molar-refractivity contribution in [2.45, 2.75) is 33.1 Å². The van der Waals surface area contributed by atoms with Crippen molar-refractivity contribution in [3.63, 3.8) is 0 Å². The molecule has 0 amide bonds. The number of hydrogen-bond donors (Lipinski definition) is 0. The molecule has 0 aliphatic carbocycles. The number of esters is 2. The van der Waals surface area contributed by atoms with E-state index in [9.17, 15) is 9.59 Å². The lowest BCUT2D eigenvalue weighted by Crippen LogP contribution is -2.17. The Labute approximate surface area is 84.1 Å². The van der Waals surface area contributed by atoms with E-state index in [-0.39, 0.29) is 30.2 Å². The van der Waals surface area contributed by atoms with Crippen molar-refractivity contribution < 1.29 is 14.3 Å². The molecule has 0 aromatic heterocycles. The zero-order valence-electron chi connectivity index (χ0n) is 8.66. The van der Waals surface area contributed by atoms with Gasteiger partial charge in [-0.15, -0.1) is 0 Å². The highest BCUT2D eigenvalue weighted by atomic mass is 16.6. The number of cyclic esters (lactones) is 2. The summed E-state index contributed by atoms with van der Waals surface area (Å²) in [5.74, 6) is -0.852. The molecule has 0 bridgehead atoms. The average Bonchev–Trinajstić information content (AvgIpc) is 2.47. The largest absolute Gasteiger partial charge is 0.393 e. The van der Waals surface area contributed by atoms with E-state index in [1.54, 1.807) is 0 Å². The summed E-state index contributed by atoms with van der Waals surface area (Å²) in [6.45, 7) is 4.06. The van der Waals surface area contributed by atoms with Gasteiger partial charge in [0, 0.05) is 0 Å². The minimum atomic E-state index is -0.386. The smallest absolute Gasteiger partial charge is 0.317 e. The lowest BCUT2D eigenvalue weighted by molar-refractivity contribution is -0.153. The summed E-state index contributed by atoms with van der Waals surface area (Å²) in [7, 11) is 0. The van der Waals surface area contributed by atoms with Gasteiger partial charge in [0.2, 0.25) is 0 Å². The molecule has 0 saturated carbocycles. The van der Waals surface area contributed by atoms with Gasteiger partial charge >= 0.3 is 11.9 Å². The molecule has 14 heavy (non-hydrogen) atoms. The van der Waals surface area contributed by atoms with Crippen LogP contribution < -0.4 is 0 Å². The molecular weight excluding hydrogens is 180 g/mol. The summed E-state index contributed by atoms with van der Waals surface area (Å²) < 4.78 is 4.52. The Kier molecular flexibility index (Phi) is 3.86. The maximum atomic E-state index is 11.3. The lowest BCUT2D eigenvalue weighted by Gasteiger charge is -2.13. The van der Waals surface area contributed by atoms with Gasteiger partial charge in [-0.1, -0.05) is 26.0 Å². The van der Waals surface area contributed by atoms with Crippen LogP contribution in [0.15, 0.2) is 12.2 Å². The molecule has 1 heterocycles. The molecule has 78 valence electrons. The van der Waals surface area contributed by atoms with Crippen molar-refractivity contribution in [3.8, 4) is 0 Å². The maximum absolute atomic E-state index is 11.3. The van der Waals surface area contributed by atoms with Crippen molar-refractivity contribution >= 4 is 11.9 Å². The number of allylic oxidation sites excluding steroid dienone is 2. The van der Waals surface area contributed by atoms with Gasteiger partial charge in [0.05, 0.1) is 12.3 Å². The van der Waals surface area contributed by atoms with E-state index >= 15 is 0 Å². The Morgan fingerprint density at radius 1 is 1.50 bits per heavy atom. The van der Waals surface area contributed by atoms with Crippen LogP contribution in [0.3, 0.4) is 0 Å². The second-order valence-electron chi connectivity index (χ2n) is 3.51. The first kappa shape index (κ1) is 11.0. The van der Waals surface area contributed by atoms with Crippen molar-refractivity contribution in [1.82, 2.24) is 0 Å². The summed E-state index contributed by atoms with van der Waals surface area (Å²) in [6, 6.07) is 0. The van der Waals surface area contributed by atoms with E-state index in [2.05, 4.69) is 4.74 Å². The standard InChI is InChI=1S/C11H16O3/c1-3-5-6-8(4-2)9-7-10(12)14-11(9)13/h5-6,8-9H,3-4,7H2,1-2H3/b6-5-. The highest BCUT2D eigenvalue weighted by Crippen LogP contribution is 2.27. The van der Waals surface area contributed by atoms with Gasteiger partial charge in [0.1, 0.15) is 0 Å². The van der Waals surface area contributed by atoms with Gasteiger partial charge in [-0.3, -0.25) is 9.59 Å². The van der Waals surface area contributed by atoms with E-state index in [0.717, 1.165) is 12.8 Å². The third kappa shape index (κ3) is 2.44. The second kappa shape index (κ2) is 4.94. The third-order valence-corrected chi connectivity index (χ3v) is 2.51. The zero-order valence-corrected chi connectivity index (χ0v) is 8.66. The zero-order chi connectivity index (χ0) is 10.6. The molecule has 1 rings (SSSR count). The Morgan fingerprint density at radius 3 is 2.64 bits per heavy atom. The number of carbonyl (C=O) groups is 2. The van der Waals surface area contributed by atoms with Gasteiger partial charge in [-0.05, 0) is 18.8 Å². The van der Waals surface area contributed by atoms with Crippen LogP contribution in [0, 0.1) is 11.8 Å². The number of ether oxygens (including phenoxy) is 1. The van der Waals surface area contributed by atoms with Crippen molar-refractivity contribution in [1.29, 1.82) is 0 Å². The molecule has 0 N–H and O–H groups in total. The molecule has 1 aliphatic heterocycles. The van der Waals surface area contributed by atoms with Crippen molar-refractivity contribution in [2.75, 3.05) is 0 Å². The quantitative estimate of drug-likeness (QED) is 0.392. The Bertz CT molecular complexity index is 255. The van der Waals surface area contributed by atoms with E-state index in [1.165, 1.54) is 0 Å². The van der Waals surface area contributed by atoms with E-state index in [0.29, 0.717) is 0 Å². The van der Waals surface area contributed by atoms with E-state index < -0.39 is 0 Å². The fourth-order valence-corrected chi connectivity index (χ4v) is 1.68. The lowest BCUT2D eigenvalue weighted by atomic mass is 9.88. The van der Waals surface area contributed by atoms with Crippen LogP contribution in [-0.4, -0.2) is 11.9 Å². The first-order chi connectivity index (χ1) is 6.69. The van der Waals surface area contributed by atoms with Crippen molar-refractivity contribution in [2.24, 2.45) is 11.8 Å². The maximum Gasteiger partial charge on any atom is 0.317 e. The van der Waals surface area contributed by atoms with Crippen LogP contribution in [-0.2, 0) is 14.3 Å². The number of rotatable bonds is 4. The minimum absolute atomic E-state index is 0.147. The van der Waals surface area contributed by atoms with Crippen LogP contribution in [0.25, 0.3) is 0 Å². The third-order valence-electron chi connectivity index (χ3n) is 2.51. The number of carbonyl (C=O) groups excluding carboxylic acids is 2. The molecule has 3 nitrogen and oxygen atoms in total. The van der Waals surface area contributed by atoms with Gasteiger partial charge in [0.15, 0.2) is 0 Å². The fourth-order valence-electron chi connectivity index (χ4n) is 1.68. The summed E-state index contributed by atoms with van der Waals surface area (Å²) in [6.07, 6.45) is 6.11. The van der Waals surface area contributed by atoms with Gasteiger partial charge in [0.25, 0.3) is 0 Å². The highest BCUT2D eigenvalue weighted by Gasteiger charge is 2.37. The second-order valence-corrected chi connectivity index (χ2v) is 3.51. The molecule has 2 unspecified atom stereocenters. The Balaban J connectivity index is 2.65. The van der Waals surface area contributed by atoms with Gasteiger partial charge in [-0.2, -0.15) is 0 Å². The number of hydrogen-bond acceptors (Lipinski definition) is 3. The molecule has 1 aliphatic rings. The molecule has 1 fully saturated rings. The molecule has 1 saturated heterocycles. The van der Waals surface area contributed by atoms with Crippen LogP contribution in [0.1, 0.15) is 33.1 Å². The molecule has 0 aromatic rings. The van der Waals surface area contributed by atoms with E-state index in [4.69, 9.17) is 0 Å². The average molecular weight is 196 g/mol. The predicted octanol–water partition coefficient (Wildman–Crippen LogP) is 2.07. The summed E-state index contributed by atoms with van der Waals surface area (Å²) in [5.41, 5.74) is 0. The molecular formula is C11H16O3. The molecule has 0 radical (unpaired) electrons. The normalized spacial score (nSPS) is 24.3. The highest BCUT2D eigenvalue weighted by molar-refractivity contribution is 5.94.